The molecule has 0 N–H and O–H groups in total. The molecule has 3 nitrogen and oxygen atoms in total. The Hall–Kier alpha value is -1.94. The number of benzene rings is 1. The van der Waals surface area contributed by atoms with Crippen LogP contribution in [0.3, 0.4) is 0 Å². The number of amides is 1. The van der Waals surface area contributed by atoms with Gasteiger partial charge in [0, 0.05) is 13.6 Å². The Labute approximate surface area is 137 Å². The van der Waals surface area contributed by atoms with Gasteiger partial charge >= 0.3 is 0 Å². The summed E-state index contributed by atoms with van der Waals surface area (Å²) in [5.74, 6) is -0.0766. The molecule has 2 rings (SSSR count). The molecular weight excluding hydrogens is 292 g/mol. The molecule has 1 aromatic rings. The molecule has 1 aliphatic rings. The first-order valence-electron chi connectivity index (χ1n) is 7.28. The maximum Gasteiger partial charge on any atom is 0.277 e. The van der Waals surface area contributed by atoms with Gasteiger partial charge in [-0.2, -0.15) is 0 Å². The molecule has 1 amide bonds. The molecule has 1 saturated heterocycles. The number of hydrogen-bond acceptors (Lipinski definition) is 2. The van der Waals surface area contributed by atoms with Gasteiger partial charge in [-0.1, -0.05) is 51.1 Å². The van der Waals surface area contributed by atoms with Crippen LogP contribution in [0.25, 0.3) is 6.08 Å². The summed E-state index contributed by atoms with van der Waals surface area (Å²) < 4.78 is 0. The summed E-state index contributed by atoms with van der Waals surface area (Å²) in [7, 11) is 1.82. The van der Waals surface area contributed by atoms with Crippen LogP contribution in [-0.4, -0.2) is 34.4 Å². The van der Waals surface area contributed by atoms with E-state index in [1.165, 1.54) is 5.56 Å². The van der Waals surface area contributed by atoms with E-state index in [4.69, 9.17) is 12.2 Å². The monoisotopic (exact) mass is 314 g/mol. The SMILES string of the molecule is C=CCN1C(=O)/C(=C/c2ccc(C(C)(C)C)cc2)N(C)C1=S. The molecule has 22 heavy (non-hydrogen) atoms. The largest absolute Gasteiger partial charge is 0.317 e. The van der Waals surface area contributed by atoms with E-state index in [1.54, 1.807) is 15.9 Å². The maximum absolute atomic E-state index is 12.4. The van der Waals surface area contributed by atoms with Crippen molar-refractivity contribution in [1.29, 1.82) is 0 Å². The third kappa shape index (κ3) is 3.12. The van der Waals surface area contributed by atoms with Gasteiger partial charge in [-0.25, -0.2) is 0 Å². The zero-order valence-corrected chi connectivity index (χ0v) is 14.4. The molecule has 4 heteroatoms. The lowest BCUT2D eigenvalue weighted by atomic mass is 9.87. The van der Waals surface area contributed by atoms with Crippen molar-refractivity contribution in [3.8, 4) is 0 Å². The second-order valence-electron chi connectivity index (χ2n) is 6.45. The molecule has 0 aromatic heterocycles. The predicted octanol–water partition coefficient (Wildman–Crippen LogP) is 3.57. The number of hydrogen-bond donors (Lipinski definition) is 0. The van der Waals surface area contributed by atoms with Gasteiger partial charge in [0.25, 0.3) is 5.91 Å². The molecular formula is C18H22N2OS. The Bertz CT molecular complexity index is 638. The van der Waals surface area contributed by atoms with E-state index in [1.807, 2.05) is 25.3 Å². The highest BCUT2D eigenvalue weighted by molar-refractivity contribution is 7.80. The van der Waals surface area contributed by atoms with Crippen molar-refractivity contribution in [3.63, 3.8) is 0 Å². The first-order valence-corrected chi connectivity index (χ1v) is 7.69. The van der Waals surface area contributed by atoms with Gasteiger partial charge in [-0.05, 0) is 34.8 Å². The van der Waals surface area contributed by atoms with Crippen LogP contribution in [0.15, 0.2) is 42.6 Å². The third-order valence-electron chi connectivity index (χ3n) is 3.74. The van der Waals surface area contributed by atoms with E-state index in [0.717, 1.165) is 5.56 Å². The van der Waals surface area contributed by atoms with Crippen molar-refractivity contribution < 1.29 is 4.79 Å². The maximum atomic E-state index is 12.4. The summed E-state index contributed by atoms with van der Waals surface area (Å²) in [4.78, 5) is 15.7. The highest BCUT2D eigenvalue weighted by atomic mass is 32.1. The van der Waals surface area contributed by atoms with Crippen molar-refractivity contribution >= 4 is 29.3 Å². The zero-order valence-electron chi connectivity index (χ0n) is 13.6. The summed E-state index contributed by atoms with van der Waals surface area (Å²) in [6.45, 7) is 10.6. The number of carbonyl (C=O) groups excluding carboxylic acids is 1. The molecule has 116 valence electrons. The van der Waals surface area contributed by atoms with Crippen LogP contribution in [0.4, 0.5) is 0 Å². The Kier molecular flexibility index (Phi) is 4.52. The smallest absolute Gasteiger partial charge is 0.277 e. The molecule has 0 atom stereocenters. The van der Waals surface area contributed by atoms with E-state index in [0.29, 0.717) is 17.4 Å². The zero-order chi connectivity index (χ0) is 16.5. The minimum Gasteiger partial charge on any atom is -0.317 e. The lowest BCUT2D eigenvalue weighted by Crippen LogP contribution is -2.31. The molecule has 1 fully saturated rings. The van der Waals surface area contributed by atoms with E-state index in [9.17, 15) is 4.79 Å². The van der Waals surface area contributed by atoms with Crippen LogP contribution in [0.5, 0.6) is 0 Å². The first kappa shape index (κ1) is 16.4. The van der Waals surface area contributed by atoms with Crippen LogP contribution in [0.2, 0.25) is 0 Å². The van der Waals surface area contributed by atoms with Crippen molar-refractivity contribution in [2.45, 2.75) is 26.2 Å². The van der Waals surface area contributed by atoms with Gasteiger partial charge in [-0.15, -0.1) is 6.58 Å². The minimum absolute atomic E-state index is 0.0766. The summed E-state index contributed by atoms with van der Waals surface area (Å²) in [6.07, 6.45) is 3.56. The Balaban J connectivity index is 2.31. The fourth-order valence-electron chi connectivity index (χ4n) is 2.34. The van der Waals surface area contributed by atoms with Crippen molar-refractivity contribution in [1.82, 2.24) is 9.80 Å². The quantitative estimate of drug-likeness (QED) is 0.484. The second-order valence-corrected chi connectivity index (χ2v) is 6.81. The van der Waals surface area contributed by atoms with Gasteiger partial charge in [0.15, 0.2) is 5.11 Å². The third-order valence-corrected chi connectivity index (χ3v) is 4.23. The van der Waals surface area contributed by atoms with Crippen LogP contribution in [0, 0.1) is 0 Å². The number of carbonyl (C=O) groups is 1. The molecule has 1 aromatic carbocycles. The van der Waals surface area contributed by atoms with Gasteiger partial charge in [-0.3, -0.25) is 9.69 Å². The number of thiocarbonyl (C=S) groups is 1. The normalized spacial score (nSPS) is 17.5. The molecule has 0 unspecified atom stereocenters. The van der Waals surface area contributed by atoms with Crippen LogP contribution in [-0.2, 0) is 10.2 Å². The molecule has 0 radical (unpaired) electrons. The van der Waals surface area contributed by atoms with Crippen molar-refractivity contribution in [2.75, 3.05) is 13.6 Å². The van der Waals surface area contributed by atoms with E-state index >= 15 is 0 Å². The van der Waals surface area contributed by atoms with E-state index < -0.39 is 0 Å². The molecule has 0 saturated carbocycles. The van der Waals surface area contributed by atoms with Crippen LogP contribution >= 0.6 is 12.2 Å². The van der Waals surface area contributed by atoms with Crippen molar-refractivity contribution in [3.05, 3.63) is 53.7 Å². The highest BCUT2D eigenvalue weighted by Crippen LogP contribution is 2.25. The van der Waals surface area contributed by atoms with Gasteiger partial charge in [0.05, 0.1) is 0 Å². The Morgan fingerprint density at radius 1 is 1.23 bits per heavy atom. The summed E-state index contributed by atoms with van der Waals surface area (Å²) >= 11 is 5.31. The van der Waals surface area contributed by atoms with Gasteiger partial charge < -0.3 is 4.90 Å². The summed E-state index contributed by atoms with van der Waals surface area (Å²) in [5.41, 5.74) is 2.97. The Morgan fingerprint density at radius 3 is 2.32 bits per heavy atom. The summed E-state index contributed by atoms with van der Waals surface area (Å²) in [5, 5.41) is 0.516. The highest BCUT2D eigenvalue weighted by Gasteiger charge is 2.34. The minimum atomic E-state index is -0.0766. The summed E-state index contributed by atoms with van der Waals surface area (Å²) in [6, 6.07) is 8.28. The number of nitrogens with zero attached hydrogens (tertiary/aromatic N) is 2. The molecule has 1 heterocycles. The number of rotatable bonds is 3. The topological polar surface area (TPSA) is 23.6 Å². The lowest BCUT2D eigenvalue weighted by molar-refractivity contribution is -0.122. The molecule has 0 aliphatic carbocycles. The average molecular weight is 314 g/mol. The van der Waals surface area contributed by atoms with Crippen LogP contribution < -0.4 is 0 Å². The van der Waals surface area contributed by atoms with Gasteiger partial charge in [0.2, 0.25) is 0 Å². The second kappa shape index (κ2) is 6.05. The molecule has 0 bridgehead atoms. The average Bonchev–Trinajstić information content (AvgIpc) is 2.65. The molecule has 1 aliphatic heterocycles. The van der Waals surface area contributed by atoms with Gasteiger partial charge in [0.1, 0.15) is 5.70 Å². The number of likely N-dealkylation sites (N-methyl/N-ethyl adjacent to an activating group) is 1. The standard InChI is InChI=1S/C18H22N2OS/c1-6-11-20-16(21)15(19(5)17(20)22)12-13-7-9-14(10-8-13)18(2,3)4/h6-10,12H,1,11H2,2-5H3/b15-12-. The molecule has 0 spiro atoms. The first-order chi connectivity index (χ1) is 10.3. The fraction of sp³-hybridized carbons (Fsp3) is 0.333. The van der Waals surface area contributed by atoms with E-state index in [-0.39, 0.29) is 11.3 Å². The fourth-order valence-corrected chi connectivity index (χ4v) is 2.59. The predicted molar refractivity (Wildman–Crippen MR) is 95.4 cm³/mol. The van der Waals surface area contributed by atoms with E-state index in [2.05, 4.69) is 39.5 Å². The lowest BCUT2D eigenvalue weighted by Gasteiger charge is -2.19. The van der Waals surface area contributed by atoms with Crippen LogP contribution in [0.1, 0.15) is 31.9 Å². The Morgan fingerprint density at radius 2 is 1.82 bits per heavy atom. The van der Waals surface area contributed by atoms with Crippen molar-refractivity contribution in [2.24, 2.45) is 0 Å².